The van der Waals surface area contributed by atoms with Gasteiger partial charge in [-0.05, 0) is 96.3 Å². The molecule has 0 aliphatic carbocycles. The third-order valence-corrected chi connectivity index (χ3v) is 6.40. The van der Waals surface area contributed by atoms with Crippen LogP contribution in [0.25, 0.3) is 5.57 Å². The zero-order valence-corrected chi connectivity index (χ0v) is 22.1. The molecule has 0 radical (unpaired) electrons. The van der Waals surface area contributed by atoms with E-state index in [-0.39, 0.29) is 0 Å². The Morgan fingerprint density at radius 2 is 1.74 bits per heavy atom. The number of anilines is 2. The Balaban J connectivity index is 2.68. The number of unbranched alkanes of at least 4 members (excludes halogenated alkanes) is 1. The smallest absolute Gasteiger partial charge is 0.0417 e. The summed E-state index contributed by atoms with van der Waals surface area (Å²) in [6.45, 7) is 16.2. The summed E-state index contributed by atoms with van der Waals surface area (Å²) in [7, 11) is 1.90. The maximum atomic E-state index is 5.66. The number of rotatable bonds is 12. The molecular weight excluding hydrogens is 412 g/mol. The van der Waals surface area contributed by atoms with Crippen molar-refractivity contribution >= 4 is 16.9 Å². The van der Waals surface area contributed by atoms with Crippen molar-refractivity contribution in [3.8, 4) is 12.3 Å². The number of hydrogen-bond donors (Lipinski definition) is 1. The van der Waals surface area contributed by atoms with Crippen LogP contribution in [0.1, 0.15) is 69.2 Å². The fraction of sp³-hybridized carbons (Fsp3) is 0.375. The Bertz CT molecular complexity index is 1060. The van der Waals surface area contributed by atoms with E-state index in [1.807, 2.05) is 19.3 Å². The monoisotopic (exact) mass is 454 g/mol. The highest BCUT2D eigenvalue weighted by molar-refractivity contribution is 5.79. The number of terminal acetylenes is 1. The van der Waals surface area contributed by atoms with Gasteiger partial charge in [-0.2, -0.15) is 0 Å². The Morgan fingerprint density at radius 1 is 1.06 bits per heavy atom. The Kier molecular flexibility index (Phi) is 10.8. The van der Waals surface area contributed by atoms with Crippen molar-refractivity contribution in [1.82, 2.24) is 5.32 Å². The van der Waals surface area contributed by atoms with E-state index in [0.29, 0.717) is 6.42 Å². The van der Waals surface area contributed by atoms with Crippen LogP contribution in [-0.4, -0.2) is 13.6 Å². The van der Waals surface area contributed by atoms with Gasteiger partial charge < -0.3 is 10.2 Å². The fourth-order valence-electron chi connectivity index (χ4n) is 4.39. The first-order valence-corrected chi connectivity index (χ1v) is 12.6. The molecule has 0 unspecified atom stereocenters. The average molecular weight is 455 g/mol. The predicted octanol–water partition coefficient (Wildman–Crippen LogP) is 8.14. The van der Waals surface area contributed by atoms with Gasteiger partial charge in [0.25, 0.3) is 0 Å². The lowest BCUT2D eigenvalue weighted by molar-refractivity contribution is 0.785. The van der Waals surface area contributed by atoms with E-state index in [9.17, 15) is 0 Å². The van der Waals surface area contributed by atoms with Crippen molar-refractivity contribution in [3.05, 3.63) is 88.7 Å². The first kappa shape index (κ1) is 27.1. The molecular formula is C32H42N2. The second-order valence-corrected chi connectivity index (χ2v) is 8.80. The van der Waals surface area contributed by atoms with E-state index >= 15 is 0 Å². The highest BCUT2D eigenvalue weighted by Gasteiger charge is 2.15. The normalized spacial score (nSPS) is 12.1. The van der Waals surface area contributed by atoms with Crippen LogP contribution < -0.4 is 10.2 Å². The molecule has 0 saturated carbocycles. The van der Waals surface area contributed by atoms with Gasteiger partial charge in [-0.25, -0.2) is 0 Å². The standard InChI is InChI=1S/C32H42N2/c1-9-14-18-34(30-20-26(11-3)19-27(12-4)21-30)29-17-16-24(6)32(22-29)25(7)31(13-5)28(15-10-2)23-33-8/h2,13,16-17,19-23,33H,5,9,11-12,14-15,18H2,1,3-4,6-8H3/b28-23+,31-25+. The van der Waals surface area contributed by atoms with Gasteiger partial charge in [0.1, 0.15) is 0 Å². The van der Waals surface area contributed by atoms with Crippen LogP contribution in [0.3, 0.4) is 0 Å². The molecule has 0 aliphatic heterocycles. The van der Waals surface area contributed by atoms with E-state index in [4.69, 9.17) is 6.42 Å². The van der Waals surface area contributed by atoms with Crippen LogP contribution in [0.4, 0.5) is 11.4 Å². The van der Waals surface area contributed by atoms with E-state index in [1.54, 1.807) is 0 Å². The van der Waals surface area contributed by atoms with Crippen LogP contribution in [0, 0.1) is 19.3 Å². The molecule has 0 saturated heterocycles. The van der Waals surface area contributed by atoms with Gasteiger partial charge in [-0.15, -0.1) is 12.3 Å². The molecule has 0 aromatic heterocycles. The van der Waals surface area contributed by atoms with Gasteiger partial charge >= 0.3 is 0 Å². The molecule has 0 atom stereocenters. The number of hydrogen-bond acceptors (Lipinski definition) is 2. The van der Waals surface area contributed by atoms with Crippen molar-refractivity contribution in [1.29, 1.82) is 0 Å². The Morgan fingerprint density at radius 3 is 2.26 bits per heavy atom. The minimum Gasteiger partial charge on any atom is -0.394 e. The summed E-state index contributed by atoms with van der Waals surface area (Å²) in [6, 6.07) is 13.9. The van der Waals surface area contributed by atoms with E-state index in [2.05, 4.69) is 93.7 Å². The average Bonchev–Trinajstić information content (AvgIpc) is 2.85. The summed E-state index contributed by atoms with van der Waals surface area (Å²) < 4.78 is 0. The van der Waals surface area contributed by atoms with Crippen LogP contribution >= 0.6 is 0 Å². The fourth-order valence-corrected chi connectivity index (χ4v) is 4.39. The highest BCUT2D eigenvalue weighted by atomic mass is 15.1. The topological polar surface area (TPSA) is 15.3 Å². The molecule has 2 nitrogen and oxygen atoms in total. The van der Waals surface area contributed by atoms with Crippen molar-refractivity contribution < 1.29 is 0 Å². The largest absolute Gasteiger partial charge is 0.394 e. The lowest BCUT2D eigenvalue weighted by Crippen LogP contribution is -2.19. The van der Waals surface area contributed by atoms with E-state index < -0.39 is 0 Å². The molecule has 0 heterocycles. The zero-order valence-electron chi connectivity index (χ0n) is 22.1. The quantitative estimate of drug-likeness (QED) is 0.257. The van der Waals surface area contributed by atoms with Crippen molar-refractivity contribution in [2.75, 3.05) is 18.5 Å². The minimum atomic E-state index is 0.560. The predicted molar refractivity (Wildman–Crippen MR) is 152 cm³/mol. The third kappa shape index (κ3) is 6.67. The van der Waals surface area contributed by atoms with E-state index in [0.717, 1.165) is 43.4 Å². The Hall–Kier alpha value is -3.18. The summed E-state index contributed by atoms with van der Waals surface area (Å²) in [5.41, 5.74) is 11.1. The molecule has 180 valence electrons. The number of aryl methyl sites for hydroxylation is 3. The molecule has 34 heavy (non-hydrogen) atoms. The number of nitrogens with one attached hydrogen (secondary N) is 1. The summed E-state index contributed by atoms with van der Waals surface area (Å²) in [4.78, 5) is 2.48. The molecule has 0 aliphatic rings. The first-order valence-electron chi connectivity index (χ1n) is 12.6. The summed E-state index contributed by atoms with van der Waals surface area (Å²) >= 11 is 0. The molecule has 2 heteroatoms. The maximum absolute atomic E-state index is 5.66. The van der Waals surface area contributed by atoms with Crippen molar-refractivity contribution in [3.63, 3.8) is 0 Å². The summed E-state index contributed by atoms with van der Waals surface area (Å²) in [5.74, 6) is 2.79. The number of nitrogens with zero attached hydrogens (tertiary/aromatic N) is 1. The van der Waals surface area contributed by atoms with Gasteiger partial charge in [0, 0.05) is 37.6 Å². The number of allylic oxidation sites excluding steroid dienone is 4. The molecule has 2 aromatic rings. The van der Waals surface area contributed by atoms with Gasteiger partial charge in [0.05, 0.1) is 0 Å². The molecule has 0 spiro atoms. The van der Waals surface area contributed by atoms with Gasteiger partial charge in [0.15, 0.2) is 0 Å². The molecule has 0 bridgehead atoms. The molecule has 0 amide bonds. The molecule has 2 aromatic carbocycles. The third-order valence-electron chi connectivity index (χ3n) is 6.40. The van der Waals surface area contributed by atoms with E-state index in [1.165, 1.54) is 39.2 Å². The second-order valence-electron chi connectivity index (χ2n) is 8.80. The highest BCUT2D eigenvalue weighted by Crippen LogP contribution is 2.34. The van der Waals surface area contributed by atoms with Crippen LogP contribution in [0.5, 0.6) is 0 Å². The Labute approximate surface area is 208 Å². The molecule has 0 fully saturated rings. The van der Waals surface area contributed by atoms with Crippen LogP contribution in [0.15, 0.2) is 66.4 Å². The van der Waals surface area contributed by atoms with Crippen LogP contribution in [-0.2, 0) is 12.8 Å². The lowest BCUT2D eigenvalue weighted by Gasteiger charge is -2.27. The van der Waals surface area contributed by atoms with Crippen molar-refractivity contribution in [2.24, 2.45) is 0 Å². The second kappa shape index (κ2) is 13.5. The summed E-state index contributed by atoms with van der Waals surface area (Å²) in [6.07, 6.45) is 14.5. The van der Waals surface area contributed by atoms with Crippen LogP contribution in [0.2, 0.25) is 0 Å². The molecule has 2 rings (SSSR count). The first-order chi connectivity index (χ1) is 16.4. The SMILES string of the molecule is C#CCC(=C\NC)/C(C=C)=C(\C)c1cc(N(CCCC)c2cc(CC)cc(CC)c2)ccc1C. The number of benzene rings is 2. The molecule has 1 N–H and O–H groups in total. The van der Waals surface area contributed by atoms with Crippen molar-refractivity contribution in [2.45, 2.75) is 66.7 Å². The lowest BCUT2D eigenvalue weighted by atomic mass is 9.91. The minimum absolute atomic E-state index is 0.560. The summed E-state index contributed by atoms with van der Waals surface area (Å²) in [5, 5.41) is 3.14. The van der Waals surface area contributed by atoms with Gasteiger partial charge in [-0.1, -0.05) is 52.0 Å². The maximum Gasteiger partial charge on any atom is 0.0417 e. The zero-order chi connectivity index (χ0) is 25.1. The van der Waals surface area contributed by atoms with Gasteiger partial charge in [0.2, 0.25) is 0 Å². The van der Waals surface area contributed by atoms with Gasteiger partial charge in [-0.3, -0.25) is 0 Å².